The minimum atomic E-state index is -0.0289. The Balaban J connectivity index is 1.41. The van der Waals surface area contributed by atoms with Crippen molar-refractivity contribution in [1.29, 1.82) is 5.26 Å². The second kappa shape index (κ2) is 10.2. The van der Waals surface area contributed by atoms with Gasteiger partial charge in [-0.05, 0) is 45.1 Å². The van der Waals surface area contributed by atoms with E-state index in [1.165, 1.54) is 4.88 Å². The van der Waals surface area contributed by atoms with Gasteiger partial charge in [-0.15, -0.1) is 11.3 Å². The molecule has 2 aliphatic rings. The van der Waals surface area contributed by atoms with Gasteiger partial charge in [0.1, 0.15) is 11.1 Å². The van der Waals surface area contributed by atoms with Crippen LogP contribution in [0.15, 0.2) is 0 Å². The average molecular weight is 418 g/mol. The summed E-state index contributed by atoms with van der Waals surface area (Å²) in [5.74, 6) is 0.0404. The Hall–Kier alpha value is -1.95. The van der Waals surface area contributed by atoms with E-state index in [2.05, 4.69) is 26.5 Å². The molecule has 29 heavy (non-hydrogen) atoms. The van der Waals surface area contributed by atoms with Gasteiger partial charge >= 0.3 is 0 Å². The highest BCUT2D eigenvalue weighted by Crippen LogP contribution is 2.37. The summed E-state index contributed by atoms with van der Waals surface area (Å²) < 4.78 is 0. The van der Waals surface area contributed by atoms with Crippen LogP contribution in [0.4, 0.5) is 5.00 Å². The van der Waals surface area contributed by atoms with E-state index in [-0.39, 0.29) is 17.9 Å². The van der Waals surface area contributed by atoms with Gasteiger partial charge < -0.3 is 15.5 Å². The minimum absolute atomic E-state index is 0.0289. The number of nitrogens with zero attached hydrogens (tertiary/aromatic N) is 3. The minimum Gasteiger partial charge on any atom is -0.353 e. The summed E-state index contributed by atoms with van der Waals surface area (Å²) in [6.07, 6.45) is 4.67. The second-order valence-electron chi connectivity index (χ2n) is 8.17. The largest absolute Gasteiger partial charge is 0.353 e. The number of nitriles is 1. The topological polar surface area (TPSA) is 88.5 Å². The molecule has 1 aromatic heterocycles. The van der Waals surface area contributed by atoms with Gasteiger partial charge in [-0.1, -0.05) is 0 Å². The molecule has 2 heterocycles. The van der Waals surface area contributed by atoms with Crippen LogP contribution in [0.3, 0.4) is 0 Å². The van der Waals surface area contributed by atoms with Gasteiger partial charge in [-0.2, -0.15) is 5.26 Å². The van der Waals surface area contributed by atoms with Gasteiger partial charge in [0.2, 0.25) is 11.8 Å². The number of thiophene rings is 1. The second-order valence-corrected chi connectivity index (χ2v) is 9.27. The first kappa shape index (κ1) is 21.8. The maximum atomic E-state index is 12.4. The highest BCUT2D eigenvalue weighted by atomic mass is 32.1. The molecule has 2 amide bonds. The number of anilines is 1. The van der Waals surface area contributed by atoms with Gasteiger partial charge in [0.25, 0.3) is 0 Å². The van der Waals surface area contributed by atoms with E-state index < -0.39 is 0 Å². The predicted octanol–water partition coefficient (Wildman–Crippen LogP) is 1.97. The van der Waals surface area contributed by atoms with Crippen LogP contribution < -0.4 is 10.6 Å². The van der Waals surface area contributed by atoms with Crippen molar-refractivity contribution in [2.45, 2.75) is 52.0 Å². The van der Waals surface area contributed by atoms with Crippen LogP contribution in [-0.2, 0) is 22.4 Å². The molecule has 3 rings (SSSR count). The summed E-state index contributed by atoms with van der Waals surface area (Å²) in [7, 11) is 0. The number of hydrogen-bond acceptors (Lipinski definition) is 6. The fraction of sp³-hybridized carbons (Fsp3) is 0.667. The number of nitrogens with one attached hydrogen (secondary N) is 2. The molecule has 1 aliphatic carbocycles. The van der Waals surface area contributed by atoms with Crippen LogP contribution >= 0.6 is 11.3 Å². The molecular formula is C21H31N5O2S. The van der Waals surface area contributed by atoms with Crippen molar-refractivity contribution < 1.29 is 9.59 Å². The summed E-state index contributed by atoms with van der Waals surface area (Å²) in [5.41, 5.74) is 1.82. The number of carbonyl (C=O) groups excluding carboxylic acids is 2. The SMILES string of the molecule is CC(C)NC(=O)CN1CCN(CCC(=O)Nc2sc3c(c2C#N)CCCC3)CC1. The molecule has 0 radical (unpaired) electrons. The number of fused-ring (bicyclic) bond motifs is 1. The quantitative estimate of drug-likeness (QED) is 0.708. The van der Waals surface area contributed by atoms with Crippen molar-refractivity contribution in [3.05, 3.63) is 16.0 Å². The highest BCUT2D eigenvalue weighted by molar-refractivity contribution is 7.16. The lowest BCUT2D eigenvalue weighted by Crippen LogP contribution is -2.50. The zero-order valence-corrected chi connectivity index (χ0v) is 18.2. The van der Waals surface area contributed by atoms with Gasteiger partial charge in [0.15, 0.2) is 0 Å². The number of aryl methyl sites for hydroxylation is 1. The lowest BCUT2D eigenvalue weighted by molar-refractivity contribution is -0.123. The molecule has 0 spiro atoms. The van der Waals surface area contributed by atoms with Gasteiger partial charge in [-0.25, -0.2) is 0 Å². The van der Waals surface area contributed by atoms with Crippen molar-refractivity contribution >= 4 is 28.2 Å². The van der Waals surface area contributed by atoms with Crippen LogP contribution in [0.2, 0.25) is 0 Å². The predicted molar refractivity (Wildman–Crippen MR) is 115 cm³/mol. The molecule has 1 aromatic rings. The molecule has 1 aliphatic heterocycles. The lowest BCUT2D eigenvalue weighted by Gasteiger charge is -2.34. The molecule has 2 N–H and O–H groups in total. The normalized spacial score (nSPS) is 17.6. The molecule has 1 saturated heterocycles. The van der Waals surface area contributed by atoms with E-state index in [0.717, 1.165) is 62.4 Å². The molecule has 0 aromatic carbocycles. The molecule has 0 saturated carbocycles. The first-order valence-electron chi connectivity index (χ1n) is 10.5. The maximum absolute atomic E-state index is 12.4. The van der Waals surface area contributed by atoms with Crippen LogP contribution in [0.1, 0.15) is 49.1 Å². The average Bonchev–Trinajstić information content (AvgIpc) is 3.03. The van der Waals surface area contributed by atoms with Crippen molar-refractivity contribution in [3.63, 3.8) is 0 Å². The summed E-state index contributed by atoms with van der Waals surface area (Å²) in [4.78, 5) is 30.0. The lowest BCUT2D eigenvalue weighted by atomic mass is 9.96. The van der Waals surface area contributed by atoms with E-state index in [1.54, 1.807) is 11.3 Å². The van der Waals surface area contributed by atoms with Gasteiger partial charge in [0, 0.05) is 50.1 Å². The summed E-state index contributed by atoms with van der Waals surface area (Å²) >= 11 is 1.57. The molecule has 7 nitrogen and oxygen atoms in total. The summed E-state index contributed by atoms with van der Waals surface area (Å²) in [6.45, 7) is 8.46. The zero-order chi connectivity index (χ0) is 20.8. The van der Waals surface area contributed by atoms with E-state index >= 15 is 0 Å². The third-order valence-electron chi connectivity index (χ3n) is 5.47. The van der Waals surface area contributed by atoms with Crippen LogP contribution in [-0.4, -0.2) is 66.9 Å². The first-order valence-corrected chi connectivity index (χ1v) is 11.4. The number of amides is 2. The van der Waals surface area contributed by atoms with E-state index in [4.69, 9.17) is 0 Å². The Labute approximate surface area is 177 Å². The van der Waals surface area contributed by atoms with E-state index in [9.17, 15) is 14.9 Å². The Morgan fingerprint density at radius 1 is 1.10 bits per heavy atom. The van der Waals surface area contributed by atoms with Crippen molar-refractivity contribution in [3.8, 4) is 6.07 Å². The fourth-order valence-corrected chi connectivity index (χ4v) is 5.22. The summed E-state index contributed by atoms with van der Waals surface area (Å²) in [5, 5.41) is 16.1. The fourth-order valence-electron chi connectivity index (χ4n) is 3.96. The molecule has 1 fully saturated rings. The monoisotopic (exact) mass is 417 g/mol. The smallest absolute Gasteiger partial charge is 0.234 e. The first-order chi connectivity index (χ1) is 14.0. The van der Waals surface area contributed by atoms with Crippen molar-refractivity contribution in [1.82, 2.24) is 15.1 Å². The Bertz CT molecular complexity index is 775. The number of hydrogen-bond donors (Lipinski definition) is 2. The van der Waals surface area contributed by atoms with Gasteiger partial charge in [0.05, 0.1) is 12.1 Å². The molecule has 0 unspecified atom stereocenters. The van der Waals surface area contributed by atoms with Crippen LogP contribution in [0.5, 0.6) is 0 Å². The molecule has 158 valence electrons. The van der Waals surface area contributed by atoms with Crippen molar-refractivity contribution in [2.75, 3.05) is 44.6 Å². The van der Waals surface area contributed by atoms with Crippen LogP contribution in [0.25, 0.3) is 0 Å². The van der Waals surface area contributed by atoms with Crippen molar-refractivity contribution in [2.24, 2.45) is 0 Å². The molecular weight excluding hydrogens is 386 g/mol. The Morgan fingerprint density at radius 3 is 2.48 bits per heavy atom. The van der Waals surface area contributed by atoms with Crippen LogP contribution in [0, 0.1) is 11.3 Å². The Kier molecular flexibility index (Phi) is 7.64. The molecule has 0 atom stereocenters. The van der Waals surface area contributed by atoms with E-state index in [0.29, 0.717) is 25.1 Å². The maximum Gasteiger partial charge on any atom is 0.234 e. The van der Waals surface area contributed by atoms with Gasteiger partial charge in [-0.3, -0.25) is 14.5 Å². The summed E-state index contributed by atoms with van der Waals surface area (Å²) in [6, 6.07) is 2.46. The van der Waals surface area contributed by atoms with E-state index in [1.807, 2.05) is 13.8 Å². The Morgan fingerprint density at radius 2 is 1.79 bits per heavy atom. The third-order valence-corrected chi connectivity index (χ3v) is 6.68. The molecule has 0 bridgehead atoms. The number of rotatable bonds is 7. The molecule has 8 heteroatoms. The number of piperazine rings is 1. The highest BCUT2D eigenvalue weighted by Gasteiger charge is 2.23. The zero-order valence-electron chi connectivity index (χ0n) is 17.4. The number of carbonyl (C=O) groups is 2. The standard InChI is InChI=1S/C21H31N5O2S/c1-15(2)23-20(28)14-26-11-9-25(10-12-26)8-7-19(27)24-21-17(13-22)16-5-3-4-6-18(16)29-21/h15H,3-12,14H2,1-2H3,(H,23,28)(H,24,27). The third kappa shape index (κ3) is 6.01.